The Kier molecular flexibility index (Phi) is 5.43. The minimum atomic E-state index is -0.566. The van der Waals surface area contributed by atoms with Crippen LogP contribution in [0.4, 0.5) is 5.82 Å². The van der Waals surface area contributed by atoms with Crippen molar-refractivity contribution in [3.63, 3.8) is 0 Å². The monoisotopic (exact) mass is 554 g/mol. The van der Waals surface area contributed by atoms with E-state index in [1.165, 1.54) is 11.8 Å². The fourth-order valence-corrected chi connectivity index (χ4v) is 4.49. The Labute approximate surface area is 183 Å². The van der Waals surface area contributed by atoms with Crippen LogP contribution in [0, 0.1) is 8.78 Å². The van der Waals surface area contributed by atoms with Gasteiger partial charge in [0.25, 0.3) is 0 Å². The number of rotatable bonds is 3. The van der Waals surface area contributed by atoms with Gasteiger partial charge in [-0.25, -0.2) is 9.98 Å². The zero-order chi connectivity index (χ0) is 19.0. The maximum Gasteiger partial charge on any atom is 0.238 e. The number of thioether (sulfide) groups is 1. The topological polar surface area (TPSA) is 64.1 Å². The van der Waals surface area contributed by atoms with Gasteiger partial charge >= 0.3 is 0 Å². The van der Waals surface area contributed by atoms with Crippen molar-refractivity contribution in [2.24, 2.45) is 4.99 Å². The van der Waals surface area contributed by atoms with E-state index in [0.29, 0.717) is 23.9 Å². The highest BCUT2D eigenvalue weighted by Gasteiger charge is 2.34. The molecule has 0 radical (unpaired) electrons. The second-order valence-electron chi connectivity index (χ2n) is 6.28. The summed E-state index contributed by atoms with van der Waals surface area (Å²) < 4.78 is 1.55. The van der Waals surface area contributed by atoms with Gasteiger partial charge in [-0.05, 0) is 53.1 Å². The lowest BCUT2D eigenvalue weighted by Crippen LogP contribution is -2.46. The molecular formula is C19H16BrIN4OS. The number of nitrogens with zero attached hydrogens (tertiary/aromatic N) is 3. The molecule has 2 heterocycles. The van der Waals surface area contributed by atoms with Crippen LogP contribution in [0.25, 0.3) is 11.4 Å². The lowest BCUT2D eigenvalue weighted by molar-refractivity contribution is 0.363. The van der Waals surface area contributed by atoms with Crippen molar-refractivity contribution in [1.29, 1.82) is 0 Å². The van der Waals surface area contributed by atoms with Gasteiger partial charge in [0.15, 0.2) is 12.4 Å². The molecule has 2 aromatic carbocycles. The van der Waals surface area contributed by atoms with Crippen LogP contribution in [0.2, 0.25) is 0 Å². The summed E-state index contributed by atoms with van der Waals surface area (Å²) in [7, 11) is 0. The van der Waals surface area contributed by atoms with Crippen LogP contribution in [0.3, 0.4) is 0 Å². The Morgan fingerprint density at radius 3 is 2.74 bits per heavy atom. The number of aromatic amines is 1. The number of hydrogen-bond acceptors (Lipinski definition) is 4. The number of benzene rings is 2. The zero-order valence-electron chi connectivity index (χ0n) is 14.4. The summed E-state index contributed by atoms with van der Waals surface area (Å²) in [6, 6.07) is 15.9. The molecule has 5 nitrogen and oxygen atoms in total. The largest absolute Gasteiger partial charge is 0.625 e. The Hall–Kier alpha value is -1.20. The number of H-pyrrole nitrogens is 1. The predicted octanol–water partition coefficient (Wildman–Crippen LogP) is 5.53. The Balaban J connectivity index is 1.77. The summed E-state index contributed by atoms with van der Waals surface area (Å²) >= 11 is 7.23. The predicted molar refractivity (Wildman–Crippen MR) is 125 cm³/mol. The number of fused-ring (bicyclic) bond motifs is 1. The number of hydroxylamine groups is 2. The molecule has 1 aromatic heterocycles. The average Bonchev–Trinajstić information content (AvgIpc) is 3.09. The van der Waals surface area contributed by atoms with Crippen LogP contribution < -0.4 is 4.65 Å². The van der Waals surface area contributed by atoms with Crippen LogP contribution in [0.1, 0.15) is 11.3 Å². The zero-order valence-corrected chi connectivity index (χ0v) is 19.0. The number of hydrogen-bond donors (Lipinski definition) is 1. The van der Waals surface area contributed by atoms with Gasteiger partial charge in [-0.1, -0.05) is 40.2 Å². The van der Waals surface area contributed by atoms with Crippen molar-refractivity contribution in [2.45, 2.75) is 6.54 Å². The van der Waals surface area contributed by atoms with Gasteiger partial charge in [0.05, 0.1) is 0 Å². The van der Waals surface area contributed by atoms with Crippen LogP contribution in [-0.2, 0) is 6.54 Å². The molecule has 1 N–H and O–H groups in total. The Bertz CT molecular complexity index is 1020. The fraction of sp³-hybridized carbons (Fsp3) is 0.158. The summed E-state index contributed by atoms with van der Waals surface area (Å²) in [6.45, 7) is 0.466. The minimum Gasteiger partial charge on any atom is -0.625 e. The van der Waals surface area contributed by atoms with Crippen LogP contribution >= 0.6 is 50.3 Å². The van der Waals surface area contributed by atoms with E-state index in [2.05, 4.69) is 48.5 Å². The van der Waals surface area contributed by atoms with Crippen molar-refractivity contribution in [2.75, 3.05) is 12.9 Å². The van der Waals surface area contributed by atoms with E-state index in [1.807, 2.05) is 54.8 Å². The molecule has 0 amide bonds. The van der Waals surface area contributed by atoms with Crippen molar-refractivity contribution in [3.05, 3.63) is 73.0 Å². The molecule has 0 saturated heterocycles. The first kappa shape index (κ1) is 19.1. The van der Waals surface area contributed by atoms with Crippen LogP contribution in [0.15, 0.2) is 58.0 Å². The molecule has 0 saturated carbocycles. The van der Waals surface area contributed by atoms with E-state index < -0.39 is 4.65 Å². The highest BCUT2D eigenvalue weighted by atomic mass is 127. The summed E-state index contributed by atoms with van der Waals surface area (Å²) in [5.41, 5.74) is 2.59. The molecule has 138 valence electrons. The molecule has 1 unspecified atom stereocenters. The standard InChI is InChI=1S/C19H16BrIN4OS/c1-27-19-16-18(24-17(23-16)13-5-7-14(20)8-6-13)25(26,11-22-19)10-12-3-2-4-15(21)9-12/h2-9H,10-11H2,1H3,(H,23,24). The molecule has 1 aliphatic heterocycles. The van der Waals surface area contributed by atoms with Gasteiger partial charge in [0.2, 0.25) is 5.82 Å². The van der Waals surface area contributed by atoms with Crippen LogP contribution in [-0.4, -0.2) is 27.9 Å². The Morgan fingerprint density at radius 1 is 1.26 bits per heavy atom. The fourth-order valence-electron chi connectivity index (χ4n) is 3.10. The summed E-state index contributed by atoms with van der Waals surface area (Å²) in [5, 5.41) is 14.5. The quantitative estimate of drug-likeness (QED) is 0.263. The molecule has 27 heavy (non-hydrogen) atoms. The van der Waals surface area contributed by atoms with Crippen LogP contribution in [0.5, 0.6) is 0 Å². The molecule has 1 atom stereocenters. The van der Waals surface area contributed by atoms with E-state index in [4.69, 9.17) is 4.98 Å². The maximum atomic E-state index is 13.7. The van der Waals surface area contributed by atoms with Crippen molar-refractivity contribution < 1.29 is 0 Å². The third-order valence-electron chi connectivity index (χ3n) is 4.38. The summed E-state index contributed by atoms with van der Waals surface area (Å²) in [6.07, 6.45) is 1.96. The molecule has 8 heteroatoms. The van der Waals surface area contributed by atoms with Gasteiger partial charge in [-0.15, -0.1) is 11.8 Å². The van der Waals surface area contributed by atoms with E-state index in [0.717, 1.165) is 24.2 Å². The number of aromatic nitrogens is 2. The second-order valence-corrected chi connectivity index (χ2v) is 9.23. The Morgan fingerprint density at radius 2 is 2.04 bits per heavy atom. The second kappa shape index (κ2) is 7.67. The first-order valence-corrected chi connectivity index (χ1v) is 11.4. The van der Waals surface area contributed by atoms with Crippen molar-refractivity contribution >= 4 is 61.1 Å². The van der Waals surface area contributed by atoms with Crippen molar-refractivity contribution in [3.8, 4) is 11.4 Å². The third kappa shape index (κ3) is 3.86. The average molecular weight is 555 g/mol. The molecule has 0 spiro atoms. The molecule has 0 aliphatic carbocycles. The van der Waals surface area contributed by atoms with Gasteiger partial charge in [-0.3, -0.25) is 9.63 Å². The molecule has 0 fully saturated rings. The summed E-state index contributed by atoms with van der Waals surface area (Å²) in [4.78, 5) is 12.5. The number of quaternary nitrogens is 1. The number of aliphatic imine (C=N–C) groups is 1. The van der Waals surface area contributed by atoms with Gasteiger partial charge in [0, 0.05) is 19.2 Å². The number of nitrogens with one attached hydrogen (secondary N) is 1. The molecule has 0 bridgehead atoms. The van der Waals surface area contributed by atoms with E-state index in [1.54, 1.807) is 0 Å². The van der Waals surface area contributed by atoms with E-state index in [-0.39, 0.29) is 6.67 Å². The molecule has 3 aromatic rings. The molecule has 1 aliphatic rings. The third-order valence-corrected chi connectivity index (χ3v) is 6.28. The van der Waals surface area contributed by atoms with Gasteiger partial charge in [-0.2, -0.15) is 0 Å². The molecule has 4 rings (SSSR count). The first-order chi connectivity index (χ1) is 13.0. The smallest absolute Gasteiger partial charge is 0.238 e. The number of imidazole rings is 1. The maximum absolute atomic E-state index is 13.7. The first-order valence-electron chi connectivity index (χ1n) is 8.26. The minimum absolute atomic E-state index is 0.149. The molecular weight excluding hydrogens is 539 g/mol. The SMILES string of the molecule is CSC1=NC[N+]([O-])(Cc2cccc(I)c2)c2[nH]c(-c3ccc(Br)cc3)nc21. The highest BCUT2D eigenvalue weighted by molar-refractivity contribution is 14.1. The lowest BCUT2D eigenvalue weighted by atomic mass is 10.2. The number of halogens is 2. The summed E-state index contributed by atoms with van der Waals surface area (Å²) in [5.74, 6) is 1.27. The highest BCUT2D eigenvalue weighted by Crippen LogP contribution is 2.36. The van der Waals surface area contributed by atoms with E-state index in [9.17, 15) is 5.21 Å². The van der Waals surface area contributed by atoms with Gasteiger partial charge in [0.1, 0.15) is 17.4 Å². The lowest BCUT2D eigenvalue weighted by Gasteiger charge is -2.41. The normalized spacial score (nSPS) is 18.9. The van der Waals surface area contributed by atoms with Crippen molar-refractivity contribution in [1.82, 2.24) is 14.6 Å². The van der Waals surface area contributed by atoms with Gasteiger partial charge < -0.3 is 5.21 Å². The van der Waals surface area contributed by atoms with E-state index >= 15 is 0 Å².